The van der Waals surface area contributed by atoms with Crippen LogP contribution >= 0.6 is 22.7 Å². The van der Waals surface area contributed by atoms with Crippen molar-refractivity contribution in [2.24, 2.45) is 16.5 Å². The number of aliphatic imine (C=N–C) groups is 1. The summed E-state index contributed by atoms with van der Waals surface area (Å²) in [6, 6.07) is 2.09. The maximum Gasteiger partial charge on any atom is 0.417 e. The van der Waals surface area contributed by atoms with E-state index in [1.165, 1.54) is 18.6 Å². The molecule has 8 nitrogen and oxygen atoms in total. The molecule has 0 aliphatic rings. The third-order valence-electron chi connectivity index (χ3n) is 3.20. The molecule has 0 saturated heterocycles. The molecule has 1 aromatic carbocycles. The number of fused-ring (bicyclic) bond motifs is 1. The number of ether oxygens (including phenoxy) is 1. The van der Waals surface area contributed by atoms with Crippen molar-refractivity contribution < 1.29 is 22.7 Å². The van der Waals surface area contributed by atoms with Crippen molar-refractivity contribution in [3.8, 4) is 5.75 Å². The first kappa shape index (κ1) is 18.8. The first-order valence-electron chi connectivity index (χ1n) is 7.10. The maximum absolute atomic E-state index is 13.2. The van der Waals surface area contributed by atoms with Gasteiger partial charge in [0.25, 0.3) is 5.91 Å². The largest absolute Gasteiger partial charge is 0.494 e. The van der Waals surface area contributed by atoms with Gasteiger partial charge in [-0.3, -0.25) is 10.1 Å². The molecule has 0 atom stereocenters. The van der Waals surface area contributed by atoms with Gasteiger partial charge in [0.15, 0.2) is 11.1 Å². The Morgan fingerprint density at radius 1 is 1.30 bits per heavy atom. The standard InChI is InChI=1S/C14H11F3N6O2S2/c1-25-7-3-2-5(14(15,16)17)9-8(7)21-13(27-9)22-10(24)6-4-26-12(20-6)23-11(18)19/h2-4H,1H3,(H,21,22,24)(H4,18,19,20,23). The summed E-state index contributed by atoms with van der Waals surface area (Å²) in [6.45, 7) is 0. The van der Waals surface area contributed by atoms with Crippen LogP contribution in [-0.2, 0) is 6.18 Å². The lowest BCUT2D eigenvalue weighted by Crippen LogP contribution is -2.21. The van der Waals surface area contributed by atoms with E-state index in [0.29, 0.717) is 11.3 Å². The number of carbonyl (C=O) groups is 1. The fourth-order valence-corrected chi connectivity index (χ4v) is 3.81. The highest BCUT2D eigenvalue weighted by molar-refractivity contribution is 7.22. The maximum atomic E-state index is 13.2. The average Bonchev–Trinajstić information content (AvgIpc) is 3.18. The number of halogens is 3. The van der Waals surface area contributed by atoms with E-state index < -0.39 is 17.6 Å². The number of anilines is 1. The van der Waals surface area contributed by atoms with Crippen LogP contribution in [0.2, 0.25) is 0 Å². The molecule has 0 bridgehead atoms. The number of methoxy groups -OCH3 is 1. The third kappa shape index (κ3) is 3.93. The lowest BCUT2D eigenvalue weighted by molar-refractivity contribution is -0.136. The van der Waals surface area contributed by atoms with Gasteiger partial charge in [-0.15, -0.1) is 11.3 Å². The molecular weight excluding hydrogens is 405 g/mol. The van der Waals surface area contributed by atoms with E-state index in [1.54, 1.807) is 0 Å². The van der Waals surface area contributed by atoms with Crippen LogP contribution in [0, 0.1) is 0 Å². The predicted octanol–water partition coefficient (Wildman–Crippen LogP) is 2.94. The lowest BCUT2D eigenvalue weighted by Gasteiger charge is -2.08. The van der Waals surface area contributed by atoms with Gasteiger partial charge in [-0.25, -0.2) is 9.97 Å². The molecule has 3 rings (SSSR count). The number of carbonyl (C=O) groups excluding carboxylic acids is 1. The molecular formula is C14H11F3N6O2S2. The van der Waals surface area contributed by atoms with E-state index in [4.69, 9.17) is 16.2 Å². The molecule has 13 heteroatoms. The van der Waals surface area contributed by atoms with E-state index in [2.05, 4.69) is 20.3 Å². The quantitative estimate of drug-likeness (QED) is 0.443. The molecule has 0 fully saturated rings. The number of amides is 1. The summed E-state index contributed by atoms with van der Waals surface area (Å²) in [4.78, 5) is 23.9. The van der Waals surface area contributed by atoms with Crippen molar-refractivity contribution in [2.45, 2.75) is 6.18 Å². The highest BCUT2D eigenvalue weighted by Gasteiger charge is 2.34. The van der Waals surface area contributed by atoms with Crippen molar-refractivity contribution in [3.05, 3.63) is 28.8 Å². The number of guanidine groups is 1. The Morgan fingerprint density at radius 3 is 2.67 bits per heavy atom. The second kappa shape index (κ2) is 7.00. The minimum absolute atomic E-state index is 0.00210. The zero-order valence-electron chi connectivity index (χ0n) is 13.5. The number of nitrogens with one attached hydrogen (secondary N) is 1. The Balaban J connectivity index is 1.94. The monoisotopic (exact) mass is 416 g/mol. The highest BCUT2D eigenvalue weighted by Crippen LogP contribution is 2.42. The number of nitrogens with two attached hydrogens (primary N) is 2. The van der Waals surface area contributed by atoms with Gasteiger partial charge < -0.3 is 16.2 Å². The zero-order chi connectivity index (χ0) is 19.8. The van der Waals surface area contributed by atoms with E-state index in [9.17, 15) is 18.0 Å². The average molecular weight is 416 g/mol. The third-order valence-corrected chi connectivity index (χ3v) is 4.94. The normalized spacial score (nSPS) is 11.4. The molecule has 0 unspecified atom stereocenters. The Morgan fingerprint density at radius 2 is 2.04 bits per heavy atom. The molecule has 27 heavy (non-hydrogen) atoms. The first-order valence-corrected chi connectivity index (χ1v) is 8.80. The van der Waals surface area contributed by atoms with Crippen molar-refractivity contribution in [1.29, 1.82) is 0 Å². The van der Waals surface area contributed by atoms with Crippen LogP contribution in [-0.4, -0.2) is 28.9 Å². The minimum atomic E-state index is -4.57. The minimum Gasteiger partial charge on any atom is -0.494 e. The summed E-state index contributed by atoms with van der Waals surface area (Å²) >= 11 is 1.71. The van der Waals surface area contributed by atoms with Crippen molar-refractivity contribution >= 4 is 55.0 Å². The zero-order valence-corrected chi connectivity index (χ0v) is 15.1. The van der Waals surface area contributed by atoms with Gasteiger partial charge in [0.1, 0.15) is 17.0 Å². The SMILES string of the molecule is COc1ccc(C(F)(F)F)c2sc(NC(=O)c3csc(N=C(N)N)n3)nc12. The molecule has 142 valence electrons. The van der Waals surface area contributed by atoms with Gasteiger partial charge in [-0.05, 0) is 12.1 Å². The van der Waals surface area contributed by atoms with Crippen molar-refractivity contribution in [1.82, 2.24) is 9.97 Å². The summed E-state index contributed by atoms with van der Waals surface area (Å²) < 4.78 is 44.5. The van der Waals surface area contributed by atoms with Crippen LogP contribution in [0.1, 0.15) is 16.1 Å². The second-order valence-electron chi connectivity index (χ2n) is 5.02. The van der Waals surface area contributed by atoms with Gasteiger partial charge in [0.05, 0.1) is 17.4 Å². The predicted molar refractivity (Wildman–Crippen MR) is 96.7 cm³/mol. The van der Waals surface area contributed by atoms with Gasteiger partial charge in [-0.1, -0.05) is 11.3 Å². The molecule has 0 saturated carbocycles. The molecule has 0 aliphatic heterocycles. The first-order chi connectivity index (χ1) is 12.7. The summed E-state index contributed by atoms with van der Waals surface area (Å²) in [5.41, 5.74) is 9.62. The Labute approximate surface area is 157 Å². The number of thiazole rings is 2. The molecule has 3 aromatic rings. The van der Waals surface area contributed by atoms with Crippen molar-refractivity contribution in [3.63, 3.8) is 0 Å². The van der Waals surface area contributed by atoms with Crippen LogP contribution < -0.4 is 21.5 Å². The van der Waals surface area contributed by atoms with Crippen LogP contribution in [0.5, 0.6) is 5.75 Å². The van der Waals surface area contributed by atoms with Gasteiger partial charge >= 0.3 is 6.18 Å². The van der Waals surface area contributed by atoms with Crippen LogP contribution in [0.15, 0.2) is 22.5 Å². The van der Waals surface area contributed by atoms with Crippen LogP contribution in [0.25, 0.3) is 10.2 Å². The molecule has 5 N–H and O–H groups in total. The summed E-state index contributed by atoms with van der Waals surface area (Å²) in [5.74, 6) is -0.706. The Hall–Kier alpha value is -2.93. The Bertz CT molecular complexity index is 1040. The highest BCUT2D eigenvalue weighted by atomic mass is 32.1. The number of hydrogen-bond acceptors (Lipinski definition) is 7. The molecule has 0 aliphatic carbocycles. The van der Waals surface area contributed by atoms with Gasteiger partial charge in [0, 0.05) is 5.38 Å². The van der Waals surface area contributed by atoms with Crippen molar-refractivity contribution in [2.75, 3.05) is 12.4 Å². The number of benzene rings is 1. The fraction of sp³-hybridized carbons (Fsp3) is 0.143. The lowest BCUT2D eigenvalue weighted by atomic mass is 10.2. The summed E-state index contributed by atoms with van der Waals surface area (Å²) in [5, 5.41) is 3.98. The van der Waals surface area contributed by atoms with Crippen LogP contribution in [0.4, 0.5) is 23.4 Å². The summed E-state index contributed by atoms with van der Waals surface area (Å²) in [6.07, 6.45) is -4.57. The number of alkyl halides is 3. The molecule has 2 heterocycles. The summed E-state index contributed by atoms with van der Waals surface area (Å²) in [7, 11) is 1.32. The van der Waals surface area contributed by atoms with Crippen LogP contribution in [0.3, 0.4) is 0 Å². The second-order valence-corrected chi connectivity index (χ2v) is 6.85. The number of aromatic nitrogens is 2. The van der Waals surface area contributed by atoms with Gasteiger partial charge in [0.2, 0.25) is 5.13 Å². The number of rotatable bonds is 4. The van der Waals surface area contributed by atoms with E-state index in [1.807, 2.05) is 0 Å². The molecule has 2 aromatic heterocycles. The van der Waals surface area contributed by atoms with Gasteiger partial charge in [-0.2, -0.15) is 18.2 Å². The van der Waals surface area contributed by atoms with E-state index in [-0.39, 0.29) is 37.9 Å². The molecule has 1 amide bonds. The number of hydrogen-bond donors (Lipinski definition) is 3. The Kier molecular flexibility index (Phi) is 4.89. The topological polar surface area (TPSA) is 129 Å². The number of nitrogens with zero attached hydrogens (tertiary/aromatic N) is 3. The fourth-order valence-electron chi connectivity index (χ4n) is 2.12. The van der Waals surface area contributed by atoms with E-state index >= 15 is 0 Å². The molecule has 0 radical (unpaired) electrons. The molecule has 0 spiro atoms. The van der Waals surface area contributed by atoms with E-state index in [0.717, 1.165) is 17.4 Å². The smallest absolute Gasteiger partial charge is 0.417 e.